The van der Waals surface area contributed by atoms with E-state index in [0.717, 1.165) is 37.3 Å². The molecular weight excluding hydrogens is 829 g/mol. The van der Waals surface area contributed by atoms with Gasteiger partial charge in [-0.05, 0) is 41.7 Å². The molecule has 0 saturated carbocycles. The molecule has 5 amide bonds. The number of benzene rings is 2. The number of nitrogens with zero attached hydrogens (tertiary/aromatic N) is 4. The van der Waals surface area contributed by atoms with Crippen LogP contribution >= 0.6 is 0 Å². The molecule has 2 aromatic rings. The van der Waals surface area contributed by atoms with Crippen LogP contribution in [0.2, 0.25) is 0 Å². The molecule has 0 bridgehead atoms. The third-order valence-electron chi connectivity index (χ3n) is 13.3. The maximum atomic E-state index is 14.5. The van der Waals surface area contributed by atoms with Crippen LogP contribution in [0.4, 0.5) is 0 Å². The molecule has 2 aromatic carbocycles. The number of nitrogens with one attached hydrogen (secondary N) is 3. The summed E-state index contributed by atoms with van der Waals surface area (Å²) in [6, 6.07) is 15.5. The van der Waals surface area contributed by atoms with E-state index in [1.807, 2.05) is 102 Å². The number of hydroxylamine groups is 1. The third kappa shape index (κ3) is 14.5. The lowest BCUT2D eigenvalue weighted by Crippen LogP contribution is -2.61. The van der Waals surface area contributed by atoms with Crippen molar-refractivity contribution in [2.24, 2.45) is 29.5 Å². The van der Waals surface area contributed by atoms with E-state index in [0.29, 0.717) is 31.0 Å². The molecule has 4 rings (SSSR count). The standard InChI is InChI=1S/C49H78N8O8/c1-11-34(6)44(54(8)49(62)42(32(2)3)53-47(60)43(33(4)5)55-27-24-51-25-28-55)40(63-9)30-41(58)56-26-18-23-39(56)45(64-10)35(7)46(59)52-38(29-36-19-14-12-15-20-36)48(61)57(50)65-31-37-21-16-13-17-22-37/h12-17,19-22,32-35,38-40,42-45,51H,11,18,23-31,50H2,1-10H3,(H,52,59)(H,53,60)/t34-,35+,38-,39-,40?,42-,43-,44-,45+/m0/s1. The number of carbonyl (C=O) groups is 5. The third-order valence-corrected chi connectivity index (χ3v) is 13.3. The van der Waals surface area contributed by atoms with Gasteiger partial charge in [0, 0.05) is 60.4 Å². The van der Waals surface area contributed by atoms with E-state index in [9.17, 15) is 24.0 Å². The molecule has 1 unspecified atom stereocenters. The minimum absolute atomic E-state index is 0.0171. The number of hydrazine groups is 1. The molecule has 0 aromatic heterocycles. The van der Waals surface area contributed by atoms with Gasteiger partial charge < -0.3 is 35.2 Å². The lowest BCUT2D eigenvalue weighted by Gasteiger charge is -2.41. The second kappa shape index (κ2) is 26.0. The van der Waals surface area contributed by atoms with Gasteiger partial charge in [0.2, 0.25) is 23.6 Å². The Kier molecular flexibility index (Phi) is 21.3. The number of rotatable bonds is 24. The minimum atomic E-state index is -1.06. The predicted octanol–water partition coefficient (Wildman–Crippen LogP) is 3.54. The molecule has 2 heterocycles. The zero-order chi connectivity index (χ0) is 47.8. The Bertz CT molecular complexity index is 1800. The van der Waals surface area contributed by atoms with Gasteiger partial charge in [0.05, 0.1) is 42.7 Å². The summed E-state index contributed by atoms with van der Waals surface area (Å²) in [6.45, 7) is 17.4. The first-order chi connectivity index (χ1) is 31.0. The quantitative estimate of drug-likeness (QED) is 0.0686. The van der Waals surface area contributed by atoms with Gasteiger partial charge in [-0.2, -0.15) is 0 Å². The maximum absolute atomic E-state index is 14.5. The van der Waals surface area contributed by atoms with Gasteiger partial charge in [0.25, 0.3) is 5.91 Å². The summed E-state index contributed by atoms with van der Waals surface area (Å²) < 4.78 is 12.1. The van der Waals surface area contributed by atoms with Crippen molar-refractivity contribution in [3.8, 4) is 0 Å². The molecule has 16 nitrogen and oxygen atoms in total. The van der Waals surface area contributed by atoms with E-state index in [4.69, 9.17) is 20.2 Å². The number of amides is 5. The number of carbonyl (C=O) groups excluding carboxylic acids is 5. The first kappa shape index (κ1) is 53.2. The van der Waals surface area contributed by atoms with Crippen molar-refractivity contribution in [1.29, 1.82) is 0 Å². The maximum Gasteiger partial charge on any atom is 0.283 e. The topological polar surface area (TPSA) is 188 Å². The molecule has 362 valence electrons. The summed E-state index contributed by atoms with van der Waals surface area (Å²) >= 11 is 0. The summed E-state index contributed by atoms with van der Waals surface area (Å²) in [4.78, 5) is 82.1. The molecule has 0 radical (unpaired) electrons. The summed E-state index contributed by atoms with van der Waals surface area (Å²) in [6.07, 6.45) is 0.785. The Morgan fingerprint density at radius 3 is 1.98 bits per heavy atom. The Balaban J connectivity index is 1.48. The average Bonchev–Trinajstić information content (AvgIpc) is 3.79. The van der Waals surface area contributed by atoms with Crippen LogP contribution < -0.4 is 21.8 Å². The monoisotopic (exact) mass is 907 g/mol. The molecule has 65 heavy (non-hydrogen) atoms. The van der Waals surface area contributed by atoms with Crippen LogP contribution in [0.3, 0.4) is 0 Å². The van der Waals surface area contributed by atoms with Crippen LogP contribution in [0, 0.1) is 23.7 Å². The number of nitrogens with two attached hydrogens (primary N) is 1. The van der Waals surface area contributed by atoms with Crippen molar-refractivity contribution < 1.29 is 38.3 Å². The van der Waals surface area contributed by atoms with Gasteiger partial charge >= 0.3 is 0 Å². The fourth-order valence-corrected chi connectivity index (χ4v) is 9.42. The summed E-state index contributed by atoms with van der Waals surface area (Å²) in [5.41, 5.74) is 1.64. The number of likely N-dealkylation sites (tertiary alicyclic amines) is 1. The Morgan fingerprint density at radius 2 is 1.43 bits per heavy atom. The Morgan fingerprint density at radius 1 is 0.815 bits per heavy atom. The van der Waals surface area contributed by atoms with E-state index in [1.54, 1.807) is 30.9 Å². The molecular formula is C49H78N8O8. The van der Waals surface area contributed by atoms with Crippen LogP contribution in [-0.4, -0.2) is 146 Å². The van der Waals surface area contributed by atoms with Crippen molar-refractivity contribution in [1.82, 2.24) is 35.8 Å². The van der Waals surface area contributed by atoms with Crippen LogP contribution in [0.5, 0.6) is 0 Å². The minimum Gasteiger partial charge on any atom is -0.379 e. The van der Waals surface area contributed by atoms with E-state index >= 15 is 0 Å². The number of hydrogen-bond acceptors (Lipinski definition) is 11. The molecule has 2 aliphatic heterocycles. The first-order valence-corrected chi connectivity index (χ1v) is 23.5. The van der Waals surface area contributed by atoms with Crippen molar-refractivity contribution in [2.45, 2.75) is 130 Å². The molecule has 16 heteroatoms. The van der Waals surface area contributed by atoms with Gasteiger partial charge in [0.15, 0.2) is 0 Å². The van der Waals surface area contributed by atoms with Gasteiger partial charge in [-0.3, -0.25) is 33.7 Å². The molecule has 2 aliphatic rings. The Labute approximate surface area is 387 Å². The van der Waals surface area contributed by atoms with Crippen LogP contribution in [-0.2, 0) is 51.3 Å². The predicted molar refractivity (Wildman–Crippen MR) is 250 cm³/mol. The second-order valence-electron chi connectivity index (χ2n) is 18.5. The summed E-state index contributed by atoms with van der Waals surface area (Å²) in [7, 11) is 4.82. The van der Waals surface area contributed by atoms with Gasteiger partial charge in [0.1, 0.15) is 18.7 Å². The van der Waals surface area contributed by atoms with E-state index < -0.39 is 54.1 Å². The highest BCUT2D eigenvalue weighted by Crippen LogP contribution is 2.30. The first-order valence-electron chi connectivity index (χ1n) is 23.5. The molecule has 0 aliphatic carbocycles. The van der Waals surface area contributed by atoms with E-state index in [1.165, 1.54) is 7.11 Å². The summed E-state index contributed by atoms with van der Waals surface area (Å²) in [5.74, 6) is 3.49. The van der Waals surface area contributed by atoms with E-state index in [2.05, 4.69) is 20.9 Å². The van der Waals surface area contributed by atoms with Crippen molar-refractivity contribution >= 4 is 29.5 Å². The van der Waals surface area contributed by atoms with Crippen molar-refractivity contribution in [2.75, 3.05) is 54.0 Å². The summed E-state index contributed by atoms with van der Waals surface area (Å²) in [5, 5.41) is 10.1. The average molecular weight is 907 g/mol. The van der Waals surface area contributed by atoms with Crippen molar-refractivity contribution in [3.05, 3.63) is 71.8 Å². The highest BCUT2D eigenvalue weighted by molar-refractivity contribution is 5.90. The zero-order valence-electron chi connectivity index (χ0n) is 40.5. The lowest BCUT2D eigenvalue weighted by molar-refractivity contribution is -0.196. The fourth-order valence-electron chi connectivity index (χ4n) is 9.42. The largest absolute Gasteiger partial charge is 0.379 e. The lowest BCUT2D eigenvalue weighted by atomic mass is 9.89. The van der Waals surface area contributed by atoms with Crippen LogP contribution in [0.1, 0.15) is 85.3 Å². The number of methoxy groups -OCH3 is 2. The number of likely N-dealkylation sites (N-methyl/N-ethyl adjacent to an activating group) is 1. The highest BCUT2D eigenvalue weighted by atomic mass is 16.7. The van der Waals surface area contributed by atoms with Gasteiger partial charge in [-0.25, -0.2) is 5.84 Å². The van der Waals surface area contributed by atoms with Crippen LogP contribution in [0.25, 0.3) is 0 Å². The SMILES string of the molecule is CC[C@H](C)[C@@H](C(CC(=O)N1CCC[C@H]1[C@H](OC)[C@@H](C)C(=O)N[C@@H](Cc1ccccc1)C(=O)N(N)OCc1ccccc1)OC)N(C)C(=O)[C@@H](NC(=O)[C@H](C(C)C)N1CCNCC1)C(C)C. The highest BCUT2D eigenvalue weighted by Gasteiger charge is 2.44. The molecule has 2 fully saturated rings. The fraction of sp³-hybridized carbons (Fsp3) is 0.653. The number of piperazine rings is 1. The van der Waals surface area contributed by atoms with Gasteiger partial charge in [-0.1, -0.05) is 116 Å². The molecule has 2 saturated heterocycles. The molecule has 9 atom stereocenters. The van der Waals surface area contributed by atoms with Crippen LogP contribution in [0.15, 0.2) is 60.7 Å². The zero-order valence-corrected chi connectivity index (χ0v) is 40.5. The second-order valence-corrected chi connectivity index (χ2v) is 18.5. The molecule has 0 spiro atoms. The number of ether oxygens (including phenoxy) is 2. The van der Waals surface area contributed by atoms with Gasteiger partial charge in [-0.15, -0.1) is 5.17 Å². The van der Waals surface area contributed by atoms with Crippen molar-refractivity contribution in [3.63, 3.8) is 0 Å². The Hall–Kier alpha value is -4.45. The van der Waals surface area contributed by atoms with E-state index in [-0.39, 0.29) is 61.0 Å². The number of hydrogen-bond donors (Lipinski definition) is 4. The smallest absolute Gasteiger partial charge is 0.283 e. The molecule has 5 N–H and O–H groups in total. The normalized spacial score (nSPS) is 19.4.